The maximum absolute atomic E-state index is 5.20. The van der Waals surface area contributed by atoms with E-state index in [4.69, 9.17) is 4.74 Å². The van der Waals surface area contributed by atoms with Gasteiger partial charge < -0.3 is 10.1 Å². The second kappa shape index (κ2) is 6.22. The number of nitrogens with one attached hydrogen (secondary N) is 1. The fraction of sp³-hybridized carbons (Fsp3) is 0.429. The van der Waals surface area contributed by atoms with Crippen LogP contribution in [0.25, 0.3) is 6.08 Å². The molecule has 0 spiro atoms. The summed E-state index contributed by atoms with van der Waals surface area (Å²) in [4.78, 5) is 0. The van der Waals surface area contributed by atoms with Crippen LogP contribution in [0.3, 0.4) is 0 Å². The molecule has 0 heterocycles. The molecule has 0 aliphatic rings. The third kappa shape index (κ3) is 5.37. The van der Waals surface area contributed by atoms with E-state index in [0.29, 0.717) is 0 Å². The minimum Gasteiger partial charge on any atom is -0.497 e. The molecule has 1 aromatic rings. The Kier molecular flexibility index (Phi) is 5.22. The quantitative estimate of drug-likeness (QED) is 0.911. The summed E-state index contributed by atoms with van der Waals surface area (Å²) in [6.07, 6.45) is 4.20. The van der Waals surface area contributed by atoms with E-state index in [-0.39, 0.29) is 5.54 Å². The highest BCUT2D eigenvalue weighted by Gasteiger charge is 2.05. The Morgan fingerprint density at radius 1 is 1.35 bits per heavy atom. The third-order valence-corrected chi connectivity index (χ3v) is 2.97. The number of ether oxygens (including phenoxy) is 1. The van der Waals surface area contributed by atoms with Gasteiger partial charge in [-0.05, 0) is 44.5 Å². The maximum atomic E-state index is 5.20. The van der Waals surface area contributed by atoms with Crippen molar-refractivity contribution in [2.24, 2.45) is 0 Å². The highest BCUT2D eigenvalue weighted by Crippen LogP contribution is 2.23. The van der Waals surface area contributed by atoms with Crippen molar-refractivity contribution in [1.29, 1.82) is 0 Å². The molecule has 1 rings (SSSR count). The van der Waals surface area contributed by atoms with Crippen LogP contribution in [0.15, 0.2) is 28.7 Å². The van der Waals surface area contributed by atoms with Crippen molar-refractivity contribution in [3.8, 4) is 5.75 Å². The molecule has 0 aliphatic heterocycles. The van der Waals surface area contributed by atoms with Crippen LogP contribution in [-0.4, -0.2) is 19.2 Å². The first-order valence-electron chi connectivity index (χ1n) is 5.67. The largest absolute Gasteiger partial charge is 0.497 e. The lowest BCUT2D eigenvalue weighted by Gasteiger charge is -2.18. The van der Waals surface area contributed by atoms with E-state index in [9.17, 15) is 0 Å². The van der Waals surface area contributed by atoms with E-state index < -0.39 is 0 Å². The molecule has 94 valence electrons. The van der Waals surface area contributed by atoms with E-state index in [1.165, 1.54) is 0 Å². The number of rotatable bonds is 4. The van der Waals surface area contributed by atoms with Crippen LogP contribution in [0.5, 0.6) is 5.75 Å². The van der Waals surface area contributed by atoms with Crippen LogP contribution < -0.4 is 10.1 Å². The normalized spacial score (nSPS) is 12.1. The zero-order chi connectivity index (χ0) is 12.9. The van der Waals surface area contributed by atoms with Crippen LogP contribution in [-0.2, 0) is 0 Å². The van der Waals surface area contributed by atoms with Gasteiger partial charge in [0, 0.05) is 16.6 Å². The Bertz CT molecular complexity index is 394. The molecule has 3 heteroatoms. The molecule has 0 saturated carbocycles. The number of hydrogen-bond acceptors (Lipinski definition) is 2. The summed E-state index contributed by atoms with van der Waals surface area (Å²) in [5.74, 6) is 0.872. The Balaban J connectivity index is 2.64. The average Bonchev–Trinajstić information content (AvgIpc) is 2.25. The van der Waals surface area contributed by atoms with Gasteiger partial charge in [0.25, 0.3) is 0 Å². The summed E-state index contributed by atoms with van der Waals surface area (Å²) in [6.45, 7) is 7.32. The average molecular weight is 298 g/mol. The van der Waals surface area contributed by atoms with Crippen LogP contribution >= 0.6 is 15.9 Å². The Labute approximate surface area is 112 Å². The fourth-order valence-electron chi connectivity index (χ4n) is 1.33. The highest BCUT2D eigenvalue weighted by molar-refractivity contribution is 9.10. The molecule has 0 radical (unpaired) electrons. The molecular weight excluding hydrogens is 278 g/mol. The van der Waals surface area contributed by atoms with Gasteiger partial charge in [0.05, 0.1) is 7.11 Å². The lowest BCUT2D eigenvalue weighted by Crippen LogP contribution is -2.35. The maximum Gasteiger partial charge on any atom is 0.119 e. The number of halogens is 1. The number of benzene rings is 1. The predicted octanol–water partition coefficient (Wildman–Crippen LogP) is 3.86. The van der Waals surface area contributed by atoms with Gasteiger partial charge in [-0.1, -0.05) is 28.1 Å². The van der Waals surface area contributed by atoms with Crippen LogP contribution in [0.4, 0.5) is 0 Å². The minimum absolute atomic E-state index is 0.149. The third-order valence-electron chi connectivity index (χ3n) is 2.25. The molecule has 0 bridgehead atoms. The fourth-order valence-corrected chi connectivity index (χ4v) is 1.71. The first-order chi connectivity index (χ1) is 7.92. The van der Waals surface area contributed by atoms with Crippen molar-refractivity contribution < 1.29 is 4.74 Å². The molecule has 0 aromatic heterocycles. The summed E-state index contributed by atoms with van der Waals surface area (Å²) < 4.78 is 6.27. The van der Waals surface area contributed by atoms with Crippen molar-refractivity contribution in [2.75, 3.05) is 13.7 Å². The molecule has 1 aromatic carbocycles. The zero-order valence-corrected chi connectivity index (χ0v) is 12.5. The molecule has 0 saturated heterocycles. The second-order valence-electron chi connectivity index (χ2n) is 4.92. The van der Waals surface area contributed by atoms with Crippen LogP contribution in [0.2, 0.25) is 0 Å². The van der Waals surface area contributed by atoms with E-state index in [0.717, 1.165) is 22.3 Å². The van der Waals surface area contributed by atoms with Gasteiger partial charge in [0.15, 0.2) is 0 Å². The molecular formula is C14H20BrNO. The lowest BCUT2D eigenvalue weighted by molar-refractivity contribution is 0.414. The first-order valence-corrected chi connectivity index (χ1v) is 6.47. The van der Waals surface area contributed by atoms with Gasteiger partial charge in [-0.3, -0.25) is 0 Å². The first kappa shape index (κ1) is 14.3. The molecule has 0 aliphatic carbocycles. The Morgan fingerprint density at radius 2 is 2.06 bits per heavy atom. The summed E-state index contributed by atoms with van der Waals surface area (Å²) >= 11 is 3.52. The van der Waals surface area contributed by atoms with E-state index in [2.05, 4.69) is 54.2 Å². The van der Waals surface area contributed by atoms with Crippen LogP contribution in [0.1, 0.15) is 26.3 Å². The smallest absolute Gasteiger partial charge is 0.119 e. The van der Waals surface area contributed by atoms with Gasteiger partial charge in [0.2, 0.25) is 0 Å². The Hall–Kier alpha value is -0.800. The molecule has 0 atom stereocenters. The molecule has 0 unspecified atom stereocenters. The van der Waals surface area contributed by atoms with Crippen LogP contribution in [0, 0.1) is 0 Å². The van der Waals surface area contributed by atoms with E-state index >= 15 is 0 Å². The number of methoxy groups -OCH3 is 1. The molecule has 17 heavy (non-hydrogen) atoms. The van der Waals surface area contributed by atoms with E-state index in [1.54, 1.807) is 7.11 Å². The monoisotopic (exact) mass is 297 g/mol. The van der Waals surface area contributed by atoms with Crippen molar-refractivity contribution in [3.63, 3.8) is 0 Å². The minimum atomic E-state index is 0.149. The van der Waals surface area contributed by atoms with E-state index in [1.807, 2.05) is 18.2 Å². The van der Waals surface area contributed by atoms with Crippen molar-refractivity contribution in [2.45, 2.75) is 26.3 Å². The van der Waals surface area contributed by atoms with Crippen molar-refractivity contribution in [1.82, 2.24) is 5.32 Å². The standard InChI is InChI=1S/C14H20BrNO/c1-14(2,3)16-9-5-6-11-10-12(17-4)7-8-13(11)15/h5-8,10,16H,9H2,1-4H3/b6-5+. The molecule has 2 nitrogen and oxygen atoms in total. The number of hydrogen-bond donors (Lipinski definition) is 1. The molecule has 0 amide bonds. The summed E-state index contributed by atoms with van der Waals surface area (Å²) in [5, 5.41) is 3.41. The highest BCUT2D eigenvalue weighted by atomic mass is 79.9. The predicted molar refractivity (Wildman–Crippen MR) is 77.5 cm³/mol. The Morgan fingerprint density at radius 3 is 2.65 bits per heavy atom. The van der Waals surface area contributed by atoms with Crippen molar-refractivity contribution >= 4 is 22.0 Å². The summed E-state index contributed by atoms with van der Waals surface area (Å²) in [6, 6.07) is 5.95. The van der Waals surface area contributed by atoms with Gasteiger partial charge in [-0.15, -0.1) is 0 Å². The van der Waals surface area contributed by atoms with Gasteiger partial charge >= 0.3 is 0 Å². The molecule has 1 N–H and O–H groups in total. The van der Waals surface area contributed by atoms with Gasteiger partial charge in [-0.2, -0.15) is 0 Å². The van der Waals surface area contributed by atoms with Crippen molar-refractivity contribution in [3.05, 3.63) is 34.3 Å². The molecule has 0 fully saturated rings. The lowest BCUT2D eigenvalue weighted by atomic mass is 10.1. The van der Waals surface area contributed by atoms with Gasteiger partial charge in [-0.25, -0.2) is 0 Å². The topological polar surface area (TPSA) is 21.3 Å². The summed E-state index contributed by atoms with van der Waals surface area (Å²) in [5.41, 5.74) is 1.27. The van der Waals surface area contributed by atoms with Gasteiger partial charge in [0.1, 0.15) is 5.75 Å². The summed E-state index contributed by atoms with van der Waals surface area (Å²) in [7, 11) is 1.68. The second-order valence-corrected chi connectivity index (χ2v) is 5.78. The SMILES string of the molecule is COc1ccc(Br)c(/C=C/CNC(C)(C)C)c1. The zero-order valence-electron chi connectivity index (χ0n) is 10.9.